The zero-order valence-corrected chi connectivity index (χ0v) is 16.1. The van der Waals surface area contributed by atoms with Crippen molar-refractivity contribution in [2.45, 2.75) is 64.2 Å². The van der Waals surface area contributed by atoms with E-state index in [4.69, 9.17) is 4.74 Å². The second kappa shape index (κ2) is 12.3. The average molecular weight is 353 g/mol. The standard InChI is InChI=1S/C24H32O2/c1-26-23-19-17-21(18-20-23)13-9-6-4-2-3-5-7-12-16-24(25)22-14-10-8-11-15-22/h8,10-11,14-15,17-20H,2-7,9,12-13,16H2,1H3. The first-order valence-electron chi connectivity index (χ1n) is 10.0. The van der Waals surface area contributed by atoms with E-state index in [-0.39, 0.29) is 5.78 Å². The minimum absolute atomic E-state index is 0.282. The van der Waals surface area contributed by atoms with E-state index in [0.29, 0.717) is 6.42 Å². The highest BCUT2D eigenvalue weighted by molar-refractivity contribution is 5.95. The van der Waals surface area contributed by atoms with Gasteiger partial charge in [0.1, 0.15) is 5.75 Å². The maximum atomic E-state index is 12.0. The third-order valence-corrected chi connectivity index (χ3v) is 4.87. The van der Waals surface area contributed by atoms with E-state index in [2.05, 4.69) is 12.1 Å². The highest BCUT2D eigenvalue weighted by Gasteiger charge is 2.04. The predicted molar refractivity (Wildman–Crippen MR) is 109 cm³/mol. The van der Waals surface area contributed by atoms with Gasteiger partial charge in [0.05, 0.1) is 7.11 Å². The Morgan fingerprint density at radius 1 is 0.731 bits per heavy atom. The number of aryl methyl sites for hydroxylation is 1. The molecule has 140 valence electrons. The summed E-state index contributed by atoms with van der Waals surface area (Å²) in [5.74, 6) is 1.21. The monoisotopic (exact) mass is 352 g/mol. The first-order valence-corrected chi connectivity index (χ1v) is 10.0. The third kappa shape index (κ3) is 7.86. The molecule has 0 spiro atoms. The fourth-order valence-electron chi connectivity index (χ4n) is 3.24. The number of hydrogen-bond acceptors (Lipinski definition) is 2. The predicted octanol–water partition coefficient (Wildman–Crippen LogP) is 6.63. The zero-order chi connectivity index (χ0) is 18.5. The van der Waals surface area contributed by atoms with Gasteiger partial charge in [-0.15, -0.1) is 0 Å². The number of methoxy groups -OCH3 is 1. The van der Waals surface area contributed by atoms with Gasteiger partial charge in [0.15, 0.2) is 5.78 Å². The second-order valence-electron chi connectivity index (χ2n) is 6.97. The van der Waals surface area contributed by atoms with Crippen LogP contribution >= 0.6 is 0 Å². The van der Waals surface area contributed by atoms with Gasteiger partial charge in [0.25, 0.3) is 0 Å². The lowest BCUT2D eigenvalue weighted by Crippen LogP contribution is -1.98. The lowest BCUT2D eigenvalue weighted by Gasteiger charge is -2.04. The van der Waals surface area contributed by atoms with Crippen LogP contribution in [-0.4, -0.2) is 12.9 Å². The summed E-state index contributed by atoms with van der Waals surface area (Å²) in [7, 11) is 1.70. The molecule has 0 heterocycles. The molecule has 0 unspecified atom stereocenters. The van der Waals surface area contributed by atoms with Gasteiger partial charge in [-0.25, -0.2) is 0 Å². The minimum Gasteiger partial charge on any atom is -0.497 e. The van der Waals surface area contributed by atoms with Crippen LogP contribution in [0.3, 0.4) is 0 Å². The molecular formula is C24H32O2. The first-order chi connectivity index (χ1) is 12.8. The Bertz CT molecular complexity index is 616. The molecule has 0 bridgehead atoms. The summed E-state index contributed by atoms with van der Waals surface area (Å²) < 4.78 is 5.18. The van der Waals surface area contributed by atoms with Gasteiger partial charge in [0, 0.05) is 12.0 Å². The van der Waals surface area contributed by atoms with Gasteiger partial charge in [-0.05, 0) is 37.0 Å². The summed E-state index contributed by atoms with van der Waals surface area (Å²) in [6.45, 7) is 0. The molecule has 2 aromatic carbocycles. The molecule has 2 nitrogen and oxygen atoms in total. The summed E-state index contributed by atoms with van der Waals surface area (Å²) in [5.41, 5.74) is 2.25. The number of ketones is 1. The molecule has 0 N–H and O–H groups in total. The van der Waals surface area contributed by atoms with Crippen molar-refractivity contribution < 1.29 is 9.53 Å². The lowest BCUT2D eigenvalue weighted by atomic mass is 10.0. The van der Waals surface area contributed by atoms with Crippen LogP contribution in [0.1, 0.15) is 73.7 Å². The van der Waals surface area contributed by atoms with E-state index in [0.717, 1.165) is 24.2 Å². The summed E-state index contributed by atoms with van der Waals surface area (Å²) in [6, 6.07) is 18.0. The second-order valence-corrected chi connectivity index (χ2v) is 6.97. The lowest BCUT2D eigenvalue weighted by molar-refractivity contribution is 0.0979. The normalized spacial score (nSPS) is 10.7. The van der Waals surface area contributed by atoms with Crippen LogP contribution in [-0.2, 0) is 6.42 Å². The maximum absolute atomic E-state index is 12.0. The fraction of sp³-hybridized carbons (Fsp3) is 0.458. The van der Waals surface area contributed by atoms with E-state index in [1.54, 1.807) is 7.11 Å². The Morgan fingerprint density at radius 2 is 1.31 bits per heavy atom. The highest BCUT2D eigenvalue weighted by atomic mass is 16.5. The molecule has 0 aliphatic carbocycles. The van der Waals surface area contributed by atoms with E-state index >= 15 is 0 Å². The zero-order valence-electron chi connectivity index (χ0n) is 16.1. The number of carbonyl (C=O) groups excluding carboxylic acids is 1. The Morgan fingerprint density at radius 3 is 1.92 bits per heavy atom. The highest BCUT2D eigenvalue weighted by Crippen LogP contribution is 2.15. The van der Waals surface area contributed by atoms with Gasteiger partial charge in [-0.3, -0.25) is 4.79 Å². The molecule has 0 aromatic heterocycles. The number of ether oxygens (including phenoxy) is 1. The Balaban J connectivity index is 1.41. The van der Waals surface area contributed by atoms with Gasteiger partial charge in [-0.2, -0.15) is 0 Å². The van der Waals surface area contributed by atoms with Crippen LogP contribution in [0, 0.1) is 0 Å². The van der Waals surface area contributed by atoms with E-state index in [9.17, 15) is 4.79 Å². The Hall–Kier alpha value is -2.09. The summed E-state index contributed by atoms with van der Waals surface area (Å²) in [5, 5.41) is 0. The van der Waals surface area contributed by atoms with Crippen LogP contribution in [0.25, 0.3) is 0 Å². The molecule has 0 saturated carbocycles. The molecular weight excluding hydrogens is 320 g/mol. The Labute approximate surface area is 158 Å². The van der Waals surface area contributed by atoms with Crippen LogP contribution in [0.4, 0.5) is 0 Å². The molecule has 0 amide bonds. The van der Waals surface area contributed by atoms with Crippen LogP contribution in [0.2, 0.25) is 0 Å². The van der Waals surface area contributed by atoms with Crippen LogP contribution in [0.15, 0.2) is 54.6 Å². The van der Waals surface area contributed by atoms with Gasteiger partial charge < -0.3 is 4.74 Å². The summed E-state index contributed by atoms with van der Waals surface area (Å²) in [4.78, 5) is 12.0. The van der Waals surface area contributed by atoms with Crippen molar-refractivity contribution in [2.24, 2.45) is 0 Å². The molecule has 0 atom stereocenters. The summed E-state index contributed by atoms with van der Waals surface area (Å²) in [6.07, 6.45) is 11.8. The van der Waals surface area contributed by atoms with Crippen molar-refractivity contribution in [3.63, 3.8) is 0 Å². The van der Waals surface area contributed by atoms with Crippen LogP contribution in [0.5, 0.6) is 5.75 Å². The minimum atomic E-state index is 0.282. The summed E-state index contributed by atoms with van der Waals surface area (Å²) >= 11 is 0. The molecule has 0 fully saturated rings. The van der Waals surface area contributed by atoms with E-state index in [1.807, 2.05) is 42.5 Å². The third-order valence-electron chi connectivity index (χ3n) is 4.87. The fourth-order valence-corrected chi connectivity index (χ4v) is 3.24. The number of hydrogen-bond donors (Lipinski definition) is 0. The number of benzene rings is 2. The molecule has 0 aliphatic rings. The number of carbonyl (C=O) groups is 1. The SMILES string of the molecule is COc1ccc(CCCCCCCCCCC(=O)c2ccccc2)cc1. The molecule has 0 saturated heterocycles. The first kappa shape index (κ1) is 20.2. The van der Waals surface area contributed by atoms with Crippen molar-refractivity contribution in [3.8, 4) is 5.75 Å². The van der Waals surface area contributed by atoms with Gasteiger partial charge in [0.2, 0.25) is 0 Å². The number of Topliss-reactive ketones (excluding diaryl/α,β-unsaturated/α-hetero) is 1. The molecule has 2 aromatic rings. The van der Waals surface area contributed by atoms with Crippen molar-refractivity contribution in [1.29, 1.82) is 0 Å². The molecule has 0 aliphatic heterocycles. The Kier molecular flexibility index (Phi) is 9.56. The maximum Gasteiger partial charge on any atom is 0.162 e. The van der Waals surface area contributed by atoms with Crippen molar-refractivity contribution in [3.05, 3.63) is 65.7 Å². The van der Waals surface area contributed by atoms with Crippen LogP contribution < -0.4 is 4.74 Å². The molecule has 0 radical (unpaired) electrons. The molecule has 2 rings (SSSR count). The largest absolute Gasteiger partial charge is 0.497 e. The van der Waals surface area contributed by atoms with Gasteiger partial charge in [-0.1, -0.05) is 81.0 Å². The topological polar surface area (TPSA) is 26.3 Å². The number of unbranched alkanes of at least 4 members (excludes halogenated alkanes) is 7. The van der Waals surface area contributed by atoms with E-state index < -0.39 is 0 Å². The van der Waals surface area contributed by atoms with Crippen molar-refractivity contribution >= 4 is 5.78 Å². The number of rotatable bonds is 13. The van der Waals surface area contributed by atoms with Crippen molar-refractivity contribution in [1.82, 2.24) is 0 Å². The molecule has 26 heavy (non-hydrogen) atoms. The van der Waals surface area contributed by atoms with Crippen molar-refractivity contribution in [2.75, 3.05) is 7.11 Å². The average Bonchev–Trinajstić information content (AvgIpc) is 2.70. The van der Waals surface area contributed by atoms with E-state index in [1.165, 1.54) is 50.5 Å². The van der Waals surface area contributed by atoms with Gasteiger partial charge >= 0.3 is 0 Å². The molecule has 2 heteroatoms. The smallest absolute Gasteiger partial charge is 0.162 e. The quantitative estimate of drug-likeness (QED) is 0.299.